The number of nitrogens with two attached hydrogens (primary N) is 1. The minimum atomic E-state index is -0.680. The van der Waals surface area contributed by atoms with Gasteiger partial charge in [0.2, 0.25) is 0 Å². The maximum Gasteiger partial charge on any atom is 0.344 e. The van der Waals surface area contributed by atoms with E-state index in [1.54, 1.807) is 49.6 Å². The number of anilines is 1. The van der Waals surface area contributed by atoms with Gasteiger partial charge in [0.1, 0.15) is 28.2 Å². The summed E-state index contributed by atoms with van der Waals surface area (Å²) in [5.74, 6) is -0.245. The number of hydrogen-bond donors (Lipinski definition) is 2. The lowest BCUT2D eigenvalue weighted by Crippen LogP contribution is -2.24. The quantitative estimate of drug-likeness (QED) is 0.516. The molecule has 28 heavy (non-hydrogen) atoms. The van der Waals surface area contributed by atoms with E-state index in [1.807, 2.05) is 24.3 Å². The first-order valence-electron chi connectivity index (χ1n) is 8.84. The highest BCUT2D eigenvalue weighted by atomic mass is 16.6. The van der Waals surface area contributed by atoms with Crippen LogP contribution < -0.4 is 5.73 Å². The molecule has 0 aliphatic rings. The lowest BCUT2D eigenvalue weighted by Gasteiger charge is -2.19. The number of phenols is 1. The Morgan fingerprint density at radius 2 is 1.64 bits per heavy atom. The summed E-state index contributed by atoms with van der Waals surface area (Å²) in [6, 6.07) is 13.9. The van der Waals surface area contributed by atoms with E-state index in [9.17, 15) is 9.90 Å². The molecule has 2 heterocycles. The van der Waals surface area contributed by atoms with Crippen molar-refractivity contribution in [2.24, 2.45) is 0 Å². The lowest BCUT2D eigenvalue weighted by atomic mass is 10.2. The Labute approximate surface area is 161 Å². The van der Waals surface area contributed by atoms with Crippen molar-refractivity contribution in [3.8, 4) is 11.4 Å². The third-order valence-electron chi connectivity index (χ3n) is 4.21. The Kier molecular flexibility index (Phi) is 3.96. The summed E-state index contributed by atoms with van der Waals surface area (Å²) in [5.41, 5.74) is 8.70. The molecule has 0 saturated carbocycles. The molecule has 7 nitrogen and oxygen atoms in total. The third-order valence-corrected chi connectivity index (χ3v) is 4.21. The van der Waals surface area contributed by atoms with Gasteiger partial charge in [0.25, 0.3) is 0 Å². The first kappa shape index (κ1) is 17.8. The number of aromatic hydroxyl groups is 1. The Morgan fingerprint density at radius 3 is 2.25 bits per heavy atom. The molecule has 0 saturated heterocycles. The number of nitrogen functional groups attached to an aromatic ring is 1. The van der Waals surface area contributed by atoms with Gasteiger partial charge in [-0.15, -0.1) is 0 Å². The van der Waals surface area contributed by atoms with Crippen LogP contribution in [0.15, 0.2) is 48.5 Å². The number of carbonyl (C=O) groups excluding carboxylic acids is 1. The molecule has 4 rings (SSSR count). The van der Waals surface area contributed by atoms with E-state index < -0.39 is 11.6 Å². The molecule has 0 fully saturated rings. The number of phenolic OH excluding ortho intramolecular Hbond substituents is 1. The Morgan fingerprint density at radius 1 is 1.04 bits per heavy atom. The fraction of sp³-hybridized carbons (Fsp3) is 0.190. The number of fused-ring (bicyclic) bond motifs is 2. The first-order valence-corrected chi connectivity index (χ1v) is 8.84. The summed E-state index contributed by atoms with van der Waals surface area (Å²) in [7, 11) is 0. The van der Waals surface area contributed by atoms with Gasteiger partial charge in [0.15, 0.2) is 5.65 Å². The van der Waals surface area contributed by atoms with E-state index in [0.717, 1.165) is 0 Å². The summed E-state index contributed by atoms with van der Waals surface area (Å²) in [6.07, 6.45) is 0. The molecular weight excluding hydrogens is 356 g/mol. The predicted octanol–water partition coefficient (Wildman–Crippen LogP) is 3.82. The van der Waals surface area contributed by atoms with Crippen LogP contribution in [0.25, 0.3) is 27.9 Å². The molecule has 3 N–H and O–H groups in total. The van der Waals surface area contributed by atoms with Crippen molar-refractivity contribution in [3.05, 3.63) is 54.1 Å². The number of benzene rings is 2. The molecule has 4 aromatic rings. The second kappa shape index (κ2) is 6.23. The second-order valence-electron chi connectivity index (χ2n) is 7.50. The van der Waals surface area contributed by atoms with Crippen LogP contribution in [0.5, 0.6) is 5.75 Å². The largest absolute Gasteiger partial charge is 0.508 e. The van der Waals surface area contributed by atoms with Gasteiger partial charge in [0, 0.05) is 5.69 Å². The van der Waals surface area contributed by atoms with Crippen LogP contribution in [0.4, 0.5) is 5.82 Å². The molecule has 7 heteroatoms. The standard InChI is InChI=1S/C21H20N4O3/c1-21(2,3)28-20(27)16-17-19(24-15-7-5-4-6-14(15)23-17)25(18(16)22)12-8-10-13(26)11-9-12/h4-11,26H,22H2,1-3H3. The van der Waals surface area contributed by atoms with Crippen LogP contribution in [0, 0.1) is 0 Å². The zero-order chi connectivity index (χ0) is 20.1. The number of carbonyl (C=O) groups is 1. The third kappa shape index (κ3) is 3.00. The SMILES string of the molecule is CC(C)(C)OC(=O)c1c(N)n(-c2ccc(O)cc2)c2nc3ccccc3nc12. The lowest BCUT2D eigenvalue weighted by molar-refractivity contribution is 0.00728. The fourth-order valence-corrected chi connectivity index (χ4v) is 3.05. The van der Waals surface area contributed by atoms with Gasteiger partial charge in [0.05, 0.1) is 11.0 Å². The average molecular weight is 376 g/mol. The highest BCUT2D eigenvalue weighted by Gasteiger charge is 2.28. The van der Waals surface area contributed by atoms with Crippen molar-refractivity contribution in [2.75, 3.05) is 5.73 Å². The summed E-state index contributed by atoms with van der Waals surface area (Å²) < 4.78 is 7.20. The summed E-state index contributed by atoms with van der Waals surface area (Å²) in [5, 5.41) is 9.61. The molecule has 0 spiro atoms. The van der Waals surface area contributed by atoms with Gasteiger partial charge in [-0.1, -0.05) is 12.1 Å². The Balaban J connectivity index is 2.05. The molecule has 0 bridgehead atoms. The number of aromatic nitrogens is 3. The minimum absolute atomic E-state index is 0.127. The van der Waals surface area contributed by atoms with Crippen molar-refractivity contribution < 1.29 is 14.6 Å². The smallest absolute Gasteiger partial charge is 0.344 e. The minimum Gasteiger partial charge on any atom is -0.508 e. The maximum atomic E-state index is 12.9. The van der Waals surface area contributed by atoms with E-state index in [0.29, 0.717) is 27.9 Å². The van der Waals surface area contributed by atoms with Crippen LogP contribution in [0.3, 0.4) is 0 Å². The molecule has 142 valence electrons. The van der Waals surface area contributed by atoms with E-state index in [1.165, 1.54) is 0 Å². The number of nitrogens with zero attached hydrogens (tertiary/aromatic N) is 3. The van der Waals surface area contributed by atoms with Crippen LogP contribution >= 0.6 is 0 Å². The second-order valence-corrected chi connectivity index (χ2v) is 7.50. The van der Waals surface area contributed by atoms with Gasteiger partial charge < -0.3 is 15.6 Å². The highest BCUT2D eigenvalue weighted by molar-refractivity contribution is 6.09. The van der Waals surface area contributed by atoms with Gasteiger partial charge in [-0.05, 0) is 57.2 Å². The Hall–Kier alpha value is -3.61. The Bertz CT molecular complexity index is 1200. The maximum absolute atomic E-state index is 12.9. The van der Waals surface area contributed by atoms with Crippen LogP contribution in [0.2, 0.25) is 0 Å². The number of ether oxygens (including phenoxy) is 1. The zero-order valence-corrected chi connectivity index (χ0v) is 15.8. The van der Waals surface area contributed by atoms with Crippen molar-refractivity contribution in [2.45, 2.75) is 26.4 Å². The topological polar surface area (TPSA) is 103 Å². The fourth-order valence-electron chi connectivity index (χ4n) is 3.05. The van der Waals surface area contributed by atoms with E-state index >= 15 is 0 Å². The van der Waals surface area contributed by atoms with Crippen molar-refractivity contribution in [1.82, 2.24) is 14.5 Å². The first-order chi connectivity index (χ1) is 13.2. The van der Waals surface area contributed by atoms with Gasteiger partial charge in [-0.3, -0.25) is 4.57 Å². The highest BCUT2D eigenvalue weighted by Crippen LogP contribution is 2.32. The summed E-state index contributed by atoms with van der Waals surface area (Å²) >= 11 is 0. The van der Waals surface area contributed by atoms with Crippen LogP contribution in [-0.2, 0) is 4.74 Å². The molecule has 0 amide bonds. The van der Waals surface area contributed by atoms with Gasteiger partial charge in [-0.2, -0.15) is 0 Å². The molecule has 0 aliphatic heterocycles. The molecule has 0 aliphatic carbocycles. The zero-order valence-electron chi connectivity index (χ0n) is 15.8. The molecule has 0 unspecified atom stereocenters. The molecular formula is C21H20N4O3. The number of rotatable bonds is 2. The average Bonchev–Trinajstić information content (AvgIpc) is 2.90. The molecule has 2 aromatic heterocycles. The molecule has 0 atom stereocenters. The van der Waals surface area contributed by atoms with Crippen LogP contribution in [0.1, 0.15) is 31.1 Å². The van der Waals surface area contributed by atoms with E-state index in [2.05, 4.69) is 9.97 Å². The number of esters is 1. The van der Waals surface area contributed by atoms with E-state index in [4.69, 9.17) is 10.5 Å². The van der Waals surface area contributed by atoms with Gasteiger partial charge >= 0.3 is 5.97 Å². The number of hydrogen-bond acceptors (Lipinski definition) is 6. The van der Waals surface area contributed by atoms with Crippen molar-refractivity contribution in [1.29, 1.82) is 0 Å². The monoisotopic (exact) mass is 376 g/mol. The summed E-state index contributed by atoms with van der Waals surface area (Å²) in [6.45, 7) is 5.38. The predicted molar refractivity (Wildman–Crippen MR) is 108 cm³/mol. The van der Waals surface area contributed by atoms with Crippen molar-refractivity contribution >= 4 is 34.0 Å². The number of para-hydroxylation sites is 2. The molecule has 2 aromatic carbocycles. The summed E-state index contributed by atoms with van der Waals surface area (Å²) in [4.78, 5) is 22.2. The van der Waals surface area contributed by atoms with Crippen molar-refractivity contribution in [3.63, 3.8) is 0 Å². The molecule has 0 radical (unpaired) electrons. The van der Waals surface area contributed by atoms with Crippen LogP contribution in [-0.4, -0.2) is 31.2 Å². The normalized spacial score (nSPS) is 11.8. The van der Waals surface area contributed by atoms with E-state index in [-0.39, 0.29) is 17.1 Å². The van der Waals surface area contributed by atoms with Gasteiger partial charge in [-0.25, -0.2) is 14.8 Å².